The van der Waals surface area contributed by atoms with Gasteiger partial charge in [0, 0.05) is 7.05 Å². The third-order valence-electron chi connectivity index (χ3n) is 0.204. The average molecular weight is 165 g/mol. The first-order chi connectivity index (χ1) is 1.91. The first kappa shape index (κ1) is 15.7. The van der Waals surface area contributed by atoms with Gasteiger partial charge >= 0.3 is 23.1 Å². The van der Waals surface area contributed by atoms with Gasteiger partial charge in [-0.2, -0.15) is 0 Å². The number of halogens is 1. The minimum absolute atomic E-state index is 0. The van der Waals surface area contributed by atoms with E-state index in [1.807, 2.05) is 0 Å². The Morgan fingerprint density at radius 1 is 1.50 bits per heavy atom. The molecule has 0 rings (SSSR count). The van der Waals surface area contributed by atoms with Crippen molar-refractivity contribution in [3.05, 3.63) is 0 Å². The molecule has 0 atom stereocenters. The van der Waals surface area contributed by atoms with Crippen molar-refractivity contribution in [1.29, 1.82) is 0 Å². The number of hydrogen-bond acceptors (Lipinski definition) is 2. The van der Waals surface area contributed by atoms with Crippen LogP contribution in [-0.4, -0.2) is 37.2 Å². The Labute approximate surface area is 64.5 Å². The molecule has 1 N–H and O–H groups in total. The van der Waals surface area contributed by atoms with Crippen LogP contribution in [0, 0.1) is 0 Å². The maximum atomic E-state index is 4.29. The molecule has 0 radical (unpaired) electrons. The van der Waals surface area contributed by atoms with Crippen molar-refractivity contribution in [2.75, 3.05) is 14.2 Å². The summed E-state index contributed by atoms with van der Waals surface area (Å²) in [6, 6.07) is 0. The van der Waals surface area contributed by atoms with Gasteiger partial charge in [-0.05, 0) is 0 Å². The molecule has 0 saturated carbocycles. The summed E-state index contributed by atoms with van der Waals surface area (Å²) in [5, 5.41) is 0. The average Bonchev–Trinajstić information content (AvgIpc) is 1.37. The van der Waals surface area contributed by atoms with E-state index in [9.17, 15) is 0 Å². The van der Waals surface area contributed by atoms with Crippen molar-refractivity contribution in [2.45, 2.75) is 0 Å². The molecular formula is C2H7BrMgNO+. The fraction of sp³-hybridized carbons (Fsp3) is 1.00. The molecule has 0 bridgehead atoms. The van der Waals surface area contributed by atoms with Crippen molar-refractivity contribution in [2.24, 2.45) is 0 Å². The van der Waals surface area contributed by atoms with Gasteiger partial charge in [-0.1, -0.05) is 0 Å². The minimum atomic E-state index is 0. The van der Waals surface area contributed by atoms with Crippen LogP contribution in [0.3, 0.4) is 0 Å². The molecule has 0 aliphatic rings. The summed E-state index contributed by atoms with van der Waals surface area (Å²) in [7, 11) is 3.28. The van der Waals surface area contributed by atoms with E-state index in [4.69, 9.17) is 0 Å². The summed E-state index contributed by atoms with van der Waals surface area (Å²) in [5.41, 5.74) is 2.43. The fourth-order valence-electron chi connectivity index (χ4n) is 0. The van der Waals surface area contributed by atoms with Crippen LogP contribution in [0.25, 0.3) is 0 Å². The van der Waals surface area contributed by atoms with Gasteiger partial charge in [0.05, 0.1) is 7.11 Å². The molecule has 0 aromatic rings. The number of nitrogens with one attached hydrogen (secondary N) is 1. The molecule has 0 aromatic heterocycles. The summed E-state index contributed by atoms with van der Waals surface area (Å²) >= 11 is 0. The summed E-state index contributed by atoms with van der Waals surface area (Å²) in [5.74, 6) is 0. The van der Waals surface area contributed by atoms with Crippen LogP contribution in [0.2, 0.25) is 0 Å². The Hall–Kier alpha value is 1.17. The third-order valence-corrected chi connectivity index (χ3v) is 0.204. The quantitative estimate of drug-likeness (QED) is 0.320. The molecule has 6 heavy (non-hydrogen) atoms. The van der Waals surface area contributed by atoms with Gasteiger partial charge in [-0.25, -0.2) is 5.48 Å². The summed E-state index contributed by atoms with van der Waals surface area (Å²) in [4.78, 5) is 4.29. The van der Waals surface area contributed by atoms with E-state index < -0.39 is 0 Å². The third kappa shape index (κ3) is 19.1. The normalized spacial score (nSPS) is 5.00. The molecule has 0 aromatic carbocycles. The predicted molar refractivity (Wildman–Crippen MR) is 21.8 cm³/mol. The Morgan fingerprint density at radius 2 is 1.67 bits per heavy atom. The smallest absolute Gasteiger partial charge is 1.00 e. The number of hydrogen-bond donors (Lipinski definition) is 1. The molecule has 0 heterocycles. The van der Waals surface area contributed by atoms with Gasteiger partial charge < -0.3 is 21.8 Å². The predicted octanol–water partition coefficient (Wildman–Crippen LogP) is -3.61. The van der Waals surface area contributed by atoms with Gasteiger partial charge in [0.2, 0.25) is 0 Å². The van der Waals surface area contributed by atoms with Crippen LogP contribution in [0.5, 0.6) is 0 Å². The topological polar surface area (TPSA) is 21.3 Å². The van der Waals surface area contributed by atoms with Crippen molar-refractivity contribution >= 4 is 23.1 Å². The molecule has 0 aliphatic carbocycles. The van der Waals surface area contributed by atoms with Crippen molar-refractivity contribution in [3.63, 3.8) is 0 Å². The molecule has 0 amide bonds. The minimum Gasteiger partial charge on any atom is -1.00 e. The molecule has 0 fully saturated rings. The Kier molecular flexibility index (Phi) is 43.0. The Morgan fingerprint density at radius 3 is 1.67 bits per heavy atom. The SMILES string of the molecule is CNOC.[Br-].[Mg+2]. The standard InChI is InChI=1S/C2H7NO.BrH.Mg/c1-3-4-2;;/h3H,1-2H3;1H;/q;;+2/p-1. The van der Waals surface area contributed by atoms with E-state index in [0.717, 1.165) is 0 Å². The maximum Gasteiger partial charge on any atom is 2.00 e. The number of hydroxylamine groups is 1. The Bertz CT molecular complexity index is 15.5. The van der Waals surface area contributed by atoms with E-state index in [-0.39, 0.29) is 40.0 Å². The first-order valence-corrected chi connectivity index (χ1v) is 1.11. The maximum absolute atomic E-state index is 4.29. The van der Waals surface area contributed by atoms with Crippen molar-refractivity contribution < 1.29 is 21.8 Å². The molecule has 0 saturated heterocycles. The zero-order valence-corrected chi connectivity index (χ0v) is 6.99. The molecule has 34 valence electrons. The zero-order valence-electron chi connectivity index (χ0n) is 3.99. The van der Waals surface area contributed by atoms with Crippen LogP contribution >= 0.6 is 0 Å². The zero-order chi connectivity index (χ0) is 3.41. The summed E-state index contributed by atoms with van der Waals surface area (Å²) in [6.45, 7) is 0. The van der Waals surface area contributed by atoms with Gasteiger partial charge in [-0.15, -0.1) is 0 Å². The van der Waals surface area contributed by atoms with Crippen LogP contribution in [-0.2, 0) is 4.84 Å². The molecule has 0 unspecified atom stereocenters. The van der Waals surface area contributed by atoms with Gasteiger partial charge in [0.15, 0.2) is 0 Å². The molecule has 0 aliphatic heterocycles. The van der Waals surface area contributed by atoms with Crippen LogP contribution in [0.4, 0.5) is 0 Å². The van der Waals surface area contributed by atoms with E-state index in [0.29, 0.717) is 0 Å². The Balaban J connectivity index is -0.0000000450. The second-order valence-electron chi connectivity index (χ2n) is 0.408. The van der Waals surface area contributed by atoms with Crippen LogP contribution in [0.15, 0.2) is 0 Å². The van der Waals surface area contributed by atoms with Crippen LogP contribution < -0.4 is 22.5 Å². The first-order valence-electron chi connectivity index (χ1n) is 1.11. The van der Waals surface area contributed by atoms with Gasteiger partial charge in [0.1, 0.15) is 0 Å². The van der Waals surface area contributed by atoms with Crippen molar-refractivity contribution in [3.8, 4) is 0 Å². The van der Waals surface area contributed by atoms with Gasteiger partial charge in [-0.3, -0.25) is 0 Å². The summed E-state index contributed by atoms with van der Waals surface area (Å²) < 4.78 is 0. The van der Waals surface area contributed by atoms with E-state index >= 15 is 0 Å². The second kappa shape index (κ2) is 16.4. The molecule has 2 nitrogen and oxygen atoms in total. The molecule has 0 spiro atoms. The fourth-order valence-corrected chi connectivity index (χ4v) is 0. The van der Waals surface area contributed by atoms with Gasteiger partial charge in [0.25, 0.3) is 0 Å². The van der Waals surface area contributed by atoms with Crippen LogP contribution in [0.1, 0.15) is 0 Å². The molecular weight excluding hydrogens is 158 g/mol. The number of rotatable bonds is 1. The monoisotopic (exact) mass is 164 g/mol. The van der Waals surface area contributed by atoms with E-state index in [2.05, 4.69) is 10.3 Å². The van der Waals surface area contributed by atoms with Crippen molar-refractivity contribution in [1.82, 2.24) is 5.48 Å². The molecule has 4 heteroatoms. The van der Waals surface area contributed by atoms with E-state index in [1.165, 1.54) is 0 Å². The largest absolute Gasteiger partial charge is 2.00 e. The summed E-state index contributed by atoms with van der Waals surface area (Å²) in [6.07, 6.45) is 0. The second-order valence-corrected chi connectivity index (χ2v) is 0.408. The van der Waals surface area contributed by atoms with E-state index in [1.54, 1.807) is 14.2 Å².